The molecular formula is C15H18Cl2N2O. The summed E-state index contributed by atoms with van der Waals surface area (Å²) in [6.45, 7) is 2.33. The van der Waals surface area contributed by atoms with Gasteiger partial charge in [-0.05, 0) is 48.9 Å². The molecule has 1 aliphatic heterocycles. The van der Waals surface area contributed by atoms with E-state index in [1.54, 1.807) is 6.07 Å². The number of hydrogen-bond donors (Lipinski definition) is 1. The largest absolute Gasteiger partial charge is 0.342 e. The summed E-state index contributed by atoms with van der Waals surface area (Å²) in [6, 6.07) is 5.52. The molecule has 3 nitrogen and oxygen atoms in total. The molecule has 0 aromatic heterocycles. The molecule has 2 fully saturated rings. The molecule has 1 amide bonds. The third kappa shape index (κ3) is 2.67. The Bertz CT molecular complexity index is 535. The van der Waals surface area contributed by atoms with Crippen LogP contribution in [-0.2, 0) is 4.79 Å². The first-order valence-corrected chi connectivity index (χ1v) is 7.79. The Morgan fingerprint density at radius 3 is 2.85 bits per heavy atom. The lowest BCUT2D eigenvalue weighted by molar-refractivity contribution is -0.131. The maximum Gasteiger partial charge on any atom is 0.226 e. The number of rotatable bonds is 3. The van der Waals surface area contributed by atoms with Gasteiger partial charge in [0.25, 0.3) is 0 Å². The van der Waals surface area contributed by atoms with Crippen molar-refractivity contribution in [1.82, 2.24) is 4.90 Å². The molecule has 2 aliphatic rings. The molecule has 1 aromatic rings. The molecule has 0 bridgehead atoms. The van der Waals surface area contributed by atoms with Crippen molar-refractivity contribution >= 4 is 29.1 Å². The van der Waals surface area contributed by atoms with Gasteiger partial charge in [0.2, 0.25) is 5.91 Å². The van der Waals surface area contributed by atoms with Gasteiger partial charge in [-0.2, -0.15) is 0 Å². The van der Waals surface area contributed by atoms with Gasteiger partial charge in [-0.3, -0.25) is 4.79 Å². The minimum Gasteiger partial charge on any atom is -0.342 e. The fourth-order valence-electron chi connectivity index (χ4n) is 3.07. The summed E-state index contributed by atoms with van der Waals surface area (Å²) in [5.74, 6) is 1.07. The van der Waals surface area contributed by atoms with Crippen molar-refractivity contribution in [3.63, 3.8) is 0 Å². The van der Waals surface area contributed by atoms with Crippen LogP contribution in [-0.4, -0.2) is 30.4 Å². The molecule has 1 heterocycles. The van der Waals surface area contributed by atoms with Crippen LogP contribution in [0.4, 0.5) is 0 Å². The Balaban J connectivity index is 1.65. The monoisotopic (exact) mass is 312 g/mol. The number of benzene rings is 1. The van der Waals surface area contributed by atoms with E-state index in [0.717, 1.165) is 31.5 Å². The van der Waals surface area contributed by atoms with E-state index in [-0.39, 0.29) is 17.7 Å². The second-order valence-electron chi connectivity index (χ2n) is 5.79. The van der Waals surface area contributed by atoms with Gasteiger partial charge in [-0.25, -0.2) is 0 Å². The van der Waals surface area contributed by atoms with Gasteiger partial charge in [-0.15, -0.1) is 0 Å². The number of likely N-dealkylation sites (tertiary alicyclic amines) is 1. The molecule has 1 aliphatic carbocycles. The van der Waals surface area contributed by atoms with Crippen LogP contribution in [0.2, 0.25) is 10.0 Å². The van der Waals surface area contributed by atoms with Crippen molar-refractivity contribution in [3.8, 4) is 0 Å². The number of halogens is 2. The number of nitrogens with two attached hydrogens (primary N) is 1. The number of carbonyl (C=O) groups is 1. The third-order valence-electron chi connectivity index (χ3n) is 4.40. The normalized spacial score (nSPS) is 28.8. The molecule has 2 N–H and O–H groups in total. The minimum absolute atomic E-state index is 0.0881. The van der Waals surface area contributed by atoms with Crippen LogP contribution < -0.4 is 5.73 Å². The highest BCUT2D eigenvalue weighted by molar-refractivity contribution is 6.35. The summed E-state index contributed by atoms with van der Waals surface area (Å²) in [7, 11) is 0. The highest BCUT2D eigenvalue weighted by Crippen LogP contribution is 2.51. The second-order valence-corrected chi connectivity index (χ2v) is 6.63. The average molecular weight is 313 g/mol. The Morgan fingerprint density at radius 2 is 2.20 bits per heavy atom. The van der Waals surface area contributed by atoms with Gasteiger partial charge in [-0.1, -0.05) is 29.3 Å². The average Bonchev–Trinajstić information content (AvgIpc) is 3.06. The fourth-order valence-corrected chi connectivity index (χ4v) is 3.62. The zero-order valence-corrected chi connectivity index (χ0v) is 12.7. The highest BCUT2D eigenvalue weighted by atomic mass is 35.5. The topological polar surface area (TPSA) is 46.3 Å². The van der Waals surface area contributed by atoms with Gasteiger partial charge in [0.1, 0.15) is 0 Å². The predicted molar refractivity (Wildman–Crippen MR) is 81.1 cm³/mol. The van der Waals surface area contributed by atoms with Crippen LogP contribution in [0.1, 0.15) is 24.3 Å². The van der Waals surface area contributed by atoms with E-state index >= 15 is 0 Å². The van der Waals surface area contributed by atoms with Crippen molar-refractivity contribution < 1.29 is 4.79 Å². The summed E-state index contributed by atoms with van der Waals surface area (Å²) in [5, 5.41) is 1.30. The van der Waals surface area contributed by atoms with E-state index < -0.39 is 0 Å². The predicted octanol–water partition coefficient (Wildman–Crippen LogP) is 2.90. The highest BCUT2D eigenvalue weighted by Gasteiger charge is 2.47. The number of nitrogens with zero attached hydrogens (tertiary/aromatic N) is 1. The van der Waals surface area contributed by atoms with Gasteiger partial charge < -0.3 is 10.6 Å². The van der Waals surface area contributed by atoms with Crippen LogP contribution in [0.25, 0.3) is 0 Å². The van der Waals surface area contributed by atoms with Gasteiger partial charge in [0.15, 0.2) is 0 Å². The molecule has 3 atom stereocenters. The van der Waals surface area contributed by atoms with Crippen LogP contribution in [0.3, 0.4) is 0 Å². The van der Waals surface area contributed by atoms with Gasteiger partial charge >= 0.3 is 0 Å². The quantitative estimate of drug-likeness (QED) is 0.932. The van der Waals surface area contributed by atoms with E-state index in [1.807, 2.05) is 17.0 Å². The van der Waals surface area contributed by atoms with Crippen LogP contribution in [0.5, 0.6) is 0 Å². The molecule has 0 unspecified atom stereocenters. The summed E-state index contributed by atoms with van der Waals surface area (Å²) < 4.78 is 0. The SMILES string of the molecule is NC[C@@H]1CCN(C(=O)[C@H]2C[C@H]2c2ccc(Cl)cc2Cl)C1. The number of hydrogen-bond acceptors (Lipinski definition) is 2. The fraction of sp³-hybridized carbons (Fsp3) is 0.533. The standard InChI is InChI=1S/C15H18Cl2N2O/c16-10-1-2-11(14(17)5-10)12-6-13(12)15(20)19-4-3-9(7-18)8-19/h1-2,5,9,12-13H,3-4,6-8,18H2/t9-,12-,13-/m0/s1. The summed E-state index contributed by atoms with van der Waals surface area (Å²) in [4.78, 5) is 14.4. The van der Waals surface area contributed by atoms with Gasteiger partial charge in [0, 0.05) is 29.1 Å². The minimum atomic E-state index is 0.0881. The Kier molecular flexibility index (Phi) is 3.93. The molecule has 0 spiro atoms. The molecule has 5 heteroatoms. The summed E-state index contributed by atoms with van der Waals surface area (Å²) in [5.41, 5.74) is 6.72. The van der Waals surface area contributed by atoms with Gasteiger partial charge in [0.05, 0.1) is 0 Å². The van der Waals surface area contributed by atoms with E-state index in [0.29, 0.717) is 22.5 Å². The van der Waals surface area contributed by atoms with Crippen molar-refractivity contribution in [2.45, 2.75) is 18.8 Å². The summed E-state index contributed by atoms with van der Waals surface area (Å²) in [6.07, 6.45) is 1.92. The molecule has 0 radical (unpaired) electrons. The van der Waals surface area contributed by atoms with E-state index in [4.69, 9.17) is 28.9 Å². The lowest BCUT2D eigenvalue weighted by Gasteiger charge is -2.16. The first-order chi connectivity index (χ1) is 9.60. The van der Waals surface area contributed by atoms with E-state index in [1.165, 1.54) is 0 Å². The number of carbonyl (C=O) groups excluding carboxylic acids is 1. The lowest BCUT2D eigenvalue weighted by atomic mass is 10.1. The molecule has 3 rings (SSSR count). The maximum absolute atomic E-state index is 12.4. The smallest absolute Gasteiger partial charge is 0.226 e. The molecule has 1 saturated carbocycles. The van der Waals surface area contributed by atoms with Crippen LogP contribution in [0, 0.1) is 11.8 Å². The zero-order chi connectivity index (χ0) is 14.3. The zero-order valence-electron chi connectivity index (χ0n) is 11.2. The number of amides is 1. The Morgan fingerprint density at radius 1 is 1.40 bits per heavy atom. The third-order valence-corrected chi connectivity index (χ3v) is 4.96. The second kappa shape index (κ2) is 5.55. The molecule has 1 saturated heterocycles. The van der Waals surface area contributed by atoms with Crippen molar-refractivity contribution in [3.05, 3.63) is 33.8 Å². The van der Waals surface area contributed by atoms with Crippen molar-refractivity contribution in [2.24, 2.45) is 17.6 Å². The maximum atomic E-state index is 12.4. The molecule has 20 heavy (non-hydrogen) atoms. The van der Waals surface area contributed by atoms with Crippen LogP contribution >= 0.6 is 23.2 Å². The Hall–Kier alpha value is -0.770. The lowest BCUT2D eigenvalue weighted by Crippen LogP contribution is -2.31. The molecular weight excluding hydrogens is 295 g/mol. The molecule has 108 valence electrons. The van der Waals surface area contributed by atoms with Crippen molar-refractivity contribution in [2.75, 3.05) is 19.6 Å². The van der Waals surface area contributed by atoms with Crippen molar-refractivity contribution in [1.29, 1.82) is 0 Å². The Labute approximate surface area is 129 Å². The first-order valence-electron chi connectivity index (χ1n) is 7.04. The molecule has 1 aromatic carbocycles. The van der Waals surface area contributed by atoms with E-state index in [2.05, 4.69) is 0 Å². The van der Waals surface area contributed by atoms with E-state index in [9.17, 15) is 4.79 Å². The van der Waals surface area contributed by atoms with Crippen LogP contribution in [0.15, 0.2) is 18.2 Å². The first kappa shape index (κ1) is 14.2. The summed E-state index contributed by atoms with van der Waals surface area (Å²) >= 11 is 12.1.